The Labute approximate surface area is 144 Å². The largest absolute Gasteiger partial charge is 0.462 e. The third kappa shape index (κ3) is 7.21. The van der Waals surface area contributed by atoms with Gasteiger partial charge >= 0.3 is 5.97 Å². The number of ether oxygens (including phenoxy) is 2. The molecule has 0 saturated carbocycles. The first kappa shape index (κ1) is 20.4. The minimum atomic E-state index is -1.04. The lowest BCUT2D eigenvalue weighted by Crippen LogP contribution is -2.46. The molecule has 0 bridgehead atoms. The van der Waals surface area contributed by atoms with Gasteiger partial charge in [-0.05, 0) is 38.7 Å². The summed E-state index contributed by atoms with van der Waals surface area (Å²) >= 11 is 0. The molecule has 4 heteroatoms. The molecule has 0 aliphatic carbocycles. The molecule has 1 saturated heterocycles. The van der Waals surface area contributed by atoms with Gasteiger partial charge in [0, 0.05) is 12.2 Å². The maximum atomic E-state index is 12.2. The molecule has 1 unspecified atom stereocenters. The zero-order valence-electron chi connectivity index (χ0n) is 15.7. The van der Waals surface area contributed by atoms with E-state index in [9.17, 15) is 4.79 Å². The molecule has 0 aromatic rings. The van der Waals surface area contributed by atoms with Crippen molar-refractivity contribution in [2.45, 2.75) is 90.0 Å². The normalized spacial score (nSPS) is 22.4. The first-order chi connectivity index (χ1) is 11.0. The van der Waals surface area contributed by atoms with E-state index in [0.717, 1.165) is 37.9 Å². The van der Waals surface area contributed by atoms with Crippen LogP contribution in [-0.2, 0) is 14.3 Å². The van der Waals surface area contributed by atoms with Crippen LogP contribution >= 0.6 is 0 Å². The van der Waals surface area contributed by atoms with Crippen LogP contribution in [0.2, 0.25) is 13.1 Å². The topological polar surface area (TPSA) is 35.5 Å². The Hall–Kier alpha value is -0.613. The molecule has 1 rings (SSSR count). The summed E-state index contributed by atoms with van der Waals surface area (Å²) in [7, 11) is -1.04. The summed E-state index contributed by atoms with van der Waals surface area (Å²) < 4.78 is 11.5. The average molecular weight is 341 g/mol. The molecule has 23 heavy (non-hydrogen) atoms. The number of rotatable bonds is 10. The van der Waals surface area contributed by atoms with Crippen LogP contribution in [0.3, 0.4) is 0 Å². The molecule has 3 nitrogen and oxygen atoms in total. The van der Waals surface area contributed by atoms with Gasteiger partial charge in [-0.25, -0.2) is 4.79 Å². The van der Waals surface area contributed by atoms with Crippen LogP contribution in [0, 0.1) is 0 Å². The van der Waals surface area contributed by atoms with Crippen molar-refractivity contribution >= 4 is 14.8 Å². The molecule has 0 radical (unpaired) electrons. The maximum absolute atomic E-state index is 12.2. The van der Waals surface area contributed by atoms with Gasteiger partial charge in [0.1, 0.15) is 0 Å². The number of carbonyl (C=O) groups is 1. The predicted molar refractivity (Wildman–Crippen MR) is 99.5 cm³/mol. The third-order valence-electron chi connectivity index (χ3n) is 4.82. The molecule has 1 heterocycles. The fraction of sp³-hybridized carbons (Fsp3) is 0.842. The molecule has 0 aromatic heterocycles. The van der Waals surface area contributed by atoms with E-state index in [-0.39, 0.29) is 11.2 Å². The summed E-state index contributed by atoms with van der Waals surface area (Å²) in [6, 6.07) is 0. The van der Waals surface area contributed by atoms with Gasteiger partial charge in [0.15, 0.2) is 0 Å². The number of carbonyl (C=O) groups excluding carboxylic acids is 1. The van der Waals surface area contributed by atoms with Crippen LogP contribution in [0.15, 0.2) is 11.6 Å². The second-order valence-electron chi connectivity index (χ2n) is 7.15. The van der Waals surface area contributed by atoms with E-state index < -0.39 is 8.80 Å². The molecule has 0 N–H and O–H groups in total. The molecule has 0 spiro atoms. The molecule has 134 valence electrons. The smallest absolute Gasteiger partial charge is 0.333 e. The summed E-state index contributed by atoms with van der Waals surface area (Å²) in [5, 5.41) is -0.151. The molecular formula is C19H36O3Si. The first-order valence-electron chi connectivity index (χ1n) is 9.52. The maximum Gasteiger partial charge on any atom is 0.333 e. The highest BCUT2D eigenvalue weighted by atomic mass is 28.3. The standard InChI is InChI=1S/C19H36O3Si/c1-5-6-7-8-9-11-14-21-18(20)17(2)16-19(23(3)4)13-10-12-15-22-19/h16,23H,5-15H2,1-4H3. The van der Waals surface area contributed by atoms with Gasteiger partial charge in [-0.2, -0.15) is 0 Å². The first-order valence-corrected chi connectivity index (χ1v) is 12.4. The molecule has 0 aromatic carbocycles. The van der Waals surface area contributed by atoms with Gasteiger partial charge < -0.3 is 9.47 Å². The van der Waals surface area contributed by atoms with Crippen LogP contribution in [0.5, 0.6) is 0 Å². The van der Waals surface area contributed by atoms with E-state index in [0.29, 0.717) is 6.61 Å². The Balaban J connectivity index is 2.39. The molecule has 0 amide bonds. The number of hydrogen-bond donors (Lipinski definition) is 0. The Morgan fingerprint density at radius 3 is 2.48 bits per heavy atom. The number of esters is 1. The van der Waals surface area contributed by atoms with Crippen LogP contribution in [0.4, 0.5) is 0 Å². The second kappa shape index (κ2) is 11.0. The van der Waals surface area contributed by atoms with Crippen molar-refractivity contribution < 1.29 is 14.3 Å². The summed E-state index contributed by atoms with van der Waals surface area (Å²) in [4.78, 5) is 12.2. The third-order valence-corrected chi connectivity index (χ3v) is 7.40. The van der Waals surface area contributed by atoms with Crippen LogP contribution < -0.4 is 0 Å². The van der Waals surface area contributed by atoms with Crippen LogP contribution in [0.1, 0.15) is 71.6 Å². The second-order valence-corrected chi connectivity index (χ2v) is 10.4. The van der Waals surface area contributed by atoms with Crippen molar-refractivity contribution in [1.29, 1.82) is 0 Å². The van der Waals surface area contributed by atoms with Gasteiger partial charge in [0.25, 0.3) is 0 Å². The Morgan fingerprint density at radius 1 is 1.17 bits per heavy atom. The predicted octanol–water partition coefficient (Wildman–Crippen LogP) is 4.80. The fourth-order valence-electron chi connectivity index (χ4n) is 3.16. The quantitative estimate of drug-likeness (QED) is 0.248. The SMILES string of the molecule is CCCCCCCCOC(=O)C(C)=CC1([SiH](C)C)CCCCO1. The van der Waals surface area contributed by atoms with Crippen molar-refractivity contribution in [2.24, 2.45) is 0 Å². The molecule has 1 atom stereocenters. The van der Waals surface area contributed by atoms with E-state index in [4.69, 9.17) is 9.47 Å². The van der Waals surface area contributed by atoms with Gasteiger partial charge in [-0.3, -0.25) is 0 Å². The Kier molecular flexibility index (Phi) is 9.80. The van der Waals surface area contributed by atoms with Crippen molar-refractivity contribution in [3.63, 3.8) is 0 Å². The number of hydrogen-bond acceptors (Lipinski definition) is 3. The van der Waals surface area contributed by atoms with Gasteiger partial charge in [-0.1, -0.05) is 52.1 Å². The lowest BCUT2D eigenvalue weighted by molar-refractivity contribution is -0.139. The Morgan fingerprint density at radius 2 is 1.87 bits per heavy atom. The van der Waals surface area contributed by atoms with Gasteiger partial charge in [0.2, 0.25) is 0 Å². The van der Waals surface area contributed by atoms with Crippen LogP contribution in [-0.4, -0.2) is 33.2 Å². The van der Waals surface area contributed by atoms with Crippen molar-refractivity contribution in [3.8, 4) is 0 Å². The van der Waals surface area contributed by atoms with E-state index in [1.165, 1.54) is 32.1 Å². The Bertz CT molecular complexity index is 371. The summed E-state index contributed by atoms with van der Waals surface area (Å²) in [5.74, 6) is -0.165. The minimum absolute atomic E-state index is 0.151. The van der Waals surface area contributed by atoms with Crippen molar-refractivity contribution in [2.75, 3.05) is 13.2 Å². The highest BCUT2D eigenvalue weighted by Crippen LogP contribution is 2.30. The average Bonchev–Trinajstić information content (AvgIpc) is 2.54. The van der Waals surface area contributed by atoms with E-state index >= 15 is 0 Å². The van der Waals surface area contributed by atoms with Gasteiger partial charge in [0.05, 0.1) is 20.6 Å². The monoisotopic (exact) mass is 340 g/mol. The number of unbranched alkanes of at least 4 members (excludes halogenated alkanes) is 5. The summed E-state index contributed by atoms with van der Waals surface area (Å²) in [5.41, 5.74) is 0.721. The highest BCUT2D eigenvalue weighted by Gasteiger charge is 2.35. The summed E-state index contributed by atoms with van der Waals surface area (Å²) in [6.07, 6.45) is 12.7. The van der Waals surface area contributed by atoms with Crippen molar-refractivity contribution in [1.82, 2.24) is 0 Å². The molecule has 1 aliphatic rings. The van der Waals surface area contributed by atoms with E-state index in [1.54, 1.807) is 0 Å². The van der Waals surface area contributed by atoms with Crippen molar-refractivity contribution in [3.05, 3.63) is 11.6 Å². The molecule has 1 aliphatic heterocycles. The minimum Gasteiger partial charge on any atom is -0.462 e. The lowest BCUT2D eigenvalue weighted by atomic mass is 10.1. The van der Waals surface area contributed by atoms with Crippen LogP contribution in [0.25, 0.3) is 0 Å². The van der Waals surface area contributed by atoms with E-state index in [1.807, 2.05) is 6.92 Å². The molecule has 1 fully saturated rings. The molecular weight excluding hydrogens is 304 g/mol. The van der Waals surface area contributed by atoms with Gasteiger partial charge in [-0.15, -0.1) is 0 Å². The zero-order chi connectivity index (χ0) is 17.1. The summed E-state index contributed by atoms with van der Waals surface area (Å²) in [6.45, 7) is 10.1. The fourth-order valence-corrected chi connectivity index (χ4v) is 4.98. The van der Waals surface area contributed by atoms with E-state index in [2.05, 4.69) is 26.1 Å². The zero-order valence-corrected chi connectivity index (χ0v) is 16.8. The lowest BCUT2D eigenvalue weighted by Gasteiger charge is -2.38. The highest BCUT2D eigenvalue weighted by molar-refractivity contribution is 6.60.